The van der Waals surface area contributed by atoms with Crippen molar-refractivity contribution in [1.29, 1.82) is 0 Å². The first-order chi connectivity index (χ1) is 7.46. The fourth-order valence-electron chi connectivity index (χ4n) is 1.29. The number of hydrogen-bond donors (Lipinski definition) is 1. The zero-order valence-corrected chi connectivity index (χ0v) is 7.82. The number of fused-ring (bicyclic) bond motifs is 1. The van der Waals surface area contributed by atoms with E-state index in [4.69, 9.17) is 0 Å². The van der Waals surface area contributed by atoms with Gasteiger partial charge in [-0.2, -0.15) is 0 Å². The maximum atomic E-state index is 11.9. The molecule has 6 heteroatoms. The molecule has 0 aliphatic carbocycles. The number of para-hydroxylation sites is 1. The molecule has 3 nitrogen and oxygen atoms in total. The summed E-state index contributed by atoms with van der Waals surface area (Å²) >= 11 is 0. The number of aromatic nitrogens is 1. The number of hydrogen-bond acceptors (Lipinski definition) is 3. The lowest BCUT2D eigenvalue weighted by Gasteiger charge is -2.08. The predicted octanol–water partition coefficient (Wildman–Crippen LogP) is 2.84. The minimum Gasteiger partial charge on any atom is -0.506 e. The minimum absolute atomic E-state index is 0.0734. The number of ether oxygens (including phenoxy) is 1. The first-order valence-corrected chi connectivity index (χ1v) is 4.30. The maximum Gasteiger partial charge on any atom is 0.574 e. The number of alkyl halides is 3. The molecule has 0 unspecified atom stereocenters. The summed E-state index contributed by atoms with van der Waals surface area (Å²) < 4.78 is 39.4. The standard InChI is InChI=1S/C10H6F3NO2/c11-10(12,13)16-8-5-4-6-2-1-3-7(15)9(6)14-8/h1-5,15H. The molecule has 16 heavy (non-hydrogen) atoms. The van der Waals surface area contributed by atoms with Gasteiger partial charge in [0, 0.05) is 11.5 Å². The van der Waals surface area contributed by atoms with E-state index >= 15 is 0 Å². The van der Waals surface area contributed by atoms with Gasteiger partial charge >= 0.3 is 6.36 Å². The van der Waals surface area contributed by atoms with E-state index in [0.29, 0.717) is 5.39 Å². The lowest BCUT2D eigenvalue weighted by molar-refractivity contribution is -0.276. The van der Waals surface area contributed by atoms with Crippen molar-refractivity contribution >= 4 is 10.9 Å². The topological polar surface area (TPSA) is 42.4 Å². The molecule has 0 saturated heterocycles. The van der Waals surface area contributed by atoms with Crippen molar-refractivity contribution in [3.63, 3.8) is 0 Å². The zero-order chi connectivity index (χ0) is 11.8. The number of benzene rings is 1. The van der Waals surface area contributed by atoms with E-state index in [1.165, 1.54) is 12.1 Å². The van der Waals surface area contributed by atoms with E-state index in [0.717, 1.165) is 6.07 Å². The molecule has 0 radical (unpaired) electrons. The van der Waals surface area contributed by atoms with E-state index in [1.54, 1.807) is 12.1 Å². The minimum atomic E-state index is -4.79. The molecule has 0 amide bonds. The molecule has 0 aliphatic heterocycles. The molecule has 2 rings (SSSR count). The van der Waals surface area contributed by atoms with Gasteiger partial charge in [-0.05, 0) is 12.1 Å². The van der Waals surface area contributed by atoms with Crippen molar-refractivity contribution in [2.45, 2.75) is 6.36 Å². The number of rotatable bonds is 1. The molecular formula is C10H6F3NO2. The molecule has 0 saturated carbocycles. The normalized spacial score (nSPS) is 11.7. The molecule has 1 heterocycles. The fraction of sp³-hybridized carbons (Fsp3) is 0.100. The number of pyridine rings is 1. The molecule has 2 aromatic rings. The van der Waals surface area contributed by atoms with E-state index in [-0.39, 0.29) is 11.3 Å². The van der Waals surface area contributed by atoms with Crippen LogP contribution in [0.15, 0.2) is 30.3 Å². The van der Waals surface area contributed by atoms with Crippen molar-refractivity contribution < 1.29 is 23.0 Å². The van der Waals surface area contributed by atoms with Gasteiger partial charge in [0.2, 0.25) is 5.88 Å². The smallest absolute Gasteiger partial charge is 0.506 e. The Balaban J connectivity index is 2.47. The Labute approximate surface area is 88.1 Å². The van der Waals surface area contributed by atoms with Gasteiger partial charge in [0.15, 0.2) is 0 Å². The van der Waals surface area contributed by atoms with Crippen molar-refractivity contribution in [2.24, 2.45) is 0 Å². The van der Waals surface area contributed by atoms with Crippen LogP contribution < -0.4 is 4.74 Å². The van der Waals surface area contributed by atoms with Gasteiger partial charge in [0.05, 0.1) is 0 Å². The SMILES string of the molecule is Oc1cccc2ccc(OC(F)(F)F)nc12. The molecule has 0 fully saturated rings. The van der Waals surface area contributed by atoms with Gasteiger partial charge in [0.1, 0.15) is 11.3 Å². The highest BCUT2D eigenvalue weighted by atomic mass is 19.4. The Morgan fingerprint density at radius 3 is 2.56 bits per heavy atom. The van der Waals surface area contributed by atoms with Crippen LogP contribution in [-0.4, -0.2) is 16.5 Å². The first-order valence-electron chi connectivity index (χ1n) is 4.30. The molecule has 0 spiro atoms. The van der Waals surface area contributed by atoms with Gasteiger partial charge in [-0.3, -0.25) is 0 Å². The largest absolute Gasteiger partial charge is 0.574 e. The molecular weight excluding hydrogens is 223 g/mol. The molecule has 0 atom stereocenters. The van der Waals surface area contributed by atoms with E-state index in [2.05, 4.69) is 9.72 Å². The van der Waals surface area contributed by atoms with E-state index in [1.807, 2.05) is 0 Å². The average Bonchev–Trinajstić information content (AvgIpc) is 2.17. The predicted molar refractivity (Wildman–Crippen MR) is 50.1 cm³/mol. The highest BCUT2D eigenvalue weighted by Gasteiger charge is 2.31. The second-order valence-corrected chi connectivity index (χ2v) is 3.05. The van der Waals surface area contributed by atoms with Gasteiger partial charge in [-0.15, -0.1) is 13.2 Å². The van der Waals surface area contributed by atoms with Crippen molar-refractivity contribution in [2.75, 3.05) is 0 Å². The van der Waals surface area contributed by atoms with Crippen LogP contribution in [0.1, 0.15) is 0 Å². The van der Waals surface area contributed by atoms with Crippen LogP contribution in [0.4, 0.5) is 13.2 Å². The van der Waals surface area contributed by atoms with E-state index < -0.39 is 12.2 Å². The van der Waals surface area contributed by atoms with Gasteiger partial charge in [-0.1, -0.05) is 12.1 Å². The Bertz CT molecular complexity index is 525. The number of halogens is 3. The molecule has 1 aromatic carbocycles. The lowest BCUT2D eigenvalue weighted by Crippen LogP contribution is -2.17. The first kappa shape index (κ1) is 10.5. The summed E-state index contributed by atoms with van der Waals surface area (Å²) in [6.07, 6.45) is -4.79. The number of aromatic hydroxyl groups is 1. The Kier molecular flexibility index (Phi) is 2.34. The average molecular weight is 229 g/mol. The lowest BCUT2D eigenvalue weighted by atomic mass is 10.2. The van der Waals surface area contributed by atoms with Gasteiger partial charge in [-0.25, -0.2) is 4.98 Å². The molecule has 84 valence electrons. The van der Waals surface area contributed by atoms with Crippen LogP contribution in [0, 0.1) is 0 Å². The molecule has 1 N–H and O–H groups in total. The van der Waals surface area contributed by atoms with Crippen molar-refractivity contribution in [1.82, 2.24) is 4.98 Å². The van der Waals surface area contributed by atoms with Crippen molar-refractivity contribution in [3.8, 4) is 11.6 Å². The third-order valence-electron chi connectivity index (χ3n) is 1.89. The summed E-state index contributed by atoms with van der Waals surface area (Å²) in [5.41, 5.74) is 0.0734. The Morgan fingerprint density at radius 2 is 1.88 bits per heavy atom. The third-order valence-corrected chi connectivity index (χ3v) is 1.89. The van der Waals surface area contributed by atoms with Crippen LogP contribution in [0.5, 0.6) is 11.6 Å². The highest BCUT2D eigenvalue weighted by Crippen LogP contribution is 2.27. The van der Waals surface area contributed by atoms with E-state index in [9.17, 15) is 18.3 Å². The summed E-state index contributed by atoms with van der Waals surface area (Å²) in [6.45, 7) is 0. The summed E-state index contributed by atoms with van der Waals surface area (Å²) in [5.74, 6) is -0.786. The summed E-state index contributed by atoms with van der Waals surface area (Å²) in [5, 5.41) is 9.93. The molecule has 0 bridgehead atoms. The number of phenolic OH excluding ortho intramolecular Hbond substituents is 1. The van der Waals surface area contributed by atoms with Gasteiger partial charge < -0.3 is 9.84 Å². The van der Waals surface area contributed by atoms with Gasteiger partial charge in [0.25, 0.3) is 0 Å². The molecule has 0 aliphatic rings. The fourth-order valence-corrected chi connectivity index (χ4v) is 1.29. The number of nitrogens with zero attached hydrogens (tertiary/aromatic N) is 1. The van der Waals surface area contributed by atoms with Crippen LogP contribution in [0.2, 0.25) is 0 Å². The van der Waals surface area contributed by atoms with Crippen LogP contribution in [0.25, 0.3) is 10.9 Å². The summed E-state index contributed by atoms with van der Waals surface area (Å²) in [6, 6.07) is 7.02. The van der Waals surface area contributed by atoms with Crippen molar-refractivity contribution in [3.05, 3.63) is 30.3 Å². The van der Waals surface area contributed by atoms with Crippen LogP contribution in [-0.2, 0) is 0 Å². The second-order valence-electron chi connectivity index (χ2n) is 3.05. The summed E-state index contributed by atoms with van der Waals surface area (Å²) in [4.78, 5) is 3.57. The second kappa shape index (κ2) is 3.55. The third kappa shape index (κ3) is 2.16. The zero-order valence-electron chi connectivity index (χ0n) is 7.82. The summed E-state index contributed by atoms with van der Waals surface area (Å²) in [7, 11) is 0. The monoisotopic (exact) mass is 229 g/mol. The molecule has 1 aromatic heterocycles. The Morgan fingerprint density at radius 1 is 1.12 bits per heavy atom. The Hall–Kier alpha value is -1.98. The number of phenols is 1. The highest BCUT2D eigenvalue weighted by molar-refractivity contribution is 5.84. The van der Waals surface area contributed by atoms with Crippen LogP contribution >= 0.6 is 0 Å². The maximum absolute atomic E-state index is 11.9. The van der Waals surface area contributed by atoms with Crippen LogP contribution in [0.3, 0.4) is 0 Å². The quantitative estimate of drug-likeness (QED) is 0.817.